The lowest BCUT2D eigenvalue weighted by molar-refractivity contribution is -0.0756. The highest BCUT2D eigenvalue weighted by molar-refractivity contribution is 5.70. The van der Waals surface area contributed by atoms with E-state index in [0.717, 1.165) is 0 Å². The van der Waals surface area contributed by atoms with Crippen LogP contribution in [0.1, 0.15) is 13.2 Å². The Labute approximate surface area is 140 Å². The van der Waals surface area contributed by atoms with Gasteiger partial charge in [0.2, 0.25) is 5.95 Å². The van der Waals surface area contributed by atoms with Crippen LogP contribution in [0.2, 0.25) is 0 Å². The molecule has 0 saturated carbocycles. The lowest BCUT2D eigenvalue weighted by Crippen LogP contribution is -2.54. The molecule has 0 bridgehead atoms. The van der Waals surface area contributed by atoms with Gasteiger partial charge in [-0.3, -0.25) is 14.3 Å². The fraction of sp³-hybridized carbons (Fsp3) is 0.500. The van der Waals surface area contributed by atoms with E-state index in [-0.39, 0.29) is 17.1 Å². The van der Waals surface area contributed by atoms with Gasteiger partial charge in [0.15, 0.2) is 22.9 Å². The summed E-state index contributed by atoms with van der Waals surface area (Å²) in [6.07, 6.45) is -3.53. The predicted molar refractivity (Wildman–Crippen MR) is 84.8 cm³/mol. The molecule has 0 amide bonds. The van der Waals surface area contributed by atoms with E-state index < -0.39 is 42.3 Å². The van der Waals surface area contributed by atoms with Crippen LogP contribution in [0.4, 0.5) is 10.3 Å². The third kappa shape index (κ3) is 2.65. The average Bonchev–Trinajstić information content (AvgIpc) is 3.06. The lowest BCUT2D eigenvalue weighted by Gasteiger charge is -2.27. The number of aliphatic hydroxyl groups excluding tert-OH is 2. The summed E-state index contributed by atoms with van der Waals surface area (Å²) < 4.78 is 19.5. The normalized spacial score (nSPS) is 30.2. The molecule has 1 fully saturated rings. The van der Waals surface area contributed by atoms with Gasteiger partial charge in [0.25, 0.3) is 5.56 Å². The molecule has 3 heterocycles. The third-order valence-electron chi connectivity index (χ3n) is 4.05. The molecular formula is C14H17FN6O4. The lowest BCUT2D eigenvalue weighted by atomic mass is 9.90. The minimum absolute atomic E-state index is 0.0198. The number of imidazole rings is 1. The van der Waals surface area contributed by atoms with E-state index >= 15 is 0 Å². The first kappa shape index (κ1) is 17.3. The van der Waals surface area contributed by atoms with Gasteiger partial charge in [0.1, 0.15) is 18.9 Å². The fourth-order valence-electron chi connectivity index (χ4n) is 2.86. The molecule has 10 nitrogen and oxygen atoms in total. The summed E-state index contributed by atoms with van der Waals surface area (Å²) >= 11 is 0. The Morgan fingerprint density at radius 1 is 1.64 bits per heavy atom. The van der Waals surface area contributed by atoms with Crippen LogP contribution in [0.5, 0.6) is 0 Å². The first-order valence-corrected chi connectivity index (χ1v) is 7.38. The van der Waals surface area contributed by atoms with Gasteiger partial charge >= 0.3 is 0 Å². The van der Waals surface area contributed by atoms with E-state index in [9.17, 15) is 19.4 Å². The van der Waals surface area contributed by atoms with Gasteiger partial charge in [0, 0.05) is 0 Å². The molecule has 7 N–H and O–H groups in total. The molecular weight excluding hydrogens is 335 g/mol. The maximum atomic E-state index is 12.5. The van der Waals surface area contributed by atoms with Crippen LogP contribution >= 0.6 is 0 Å². The van der Waals surface area contributed by atoms with E-state index in [0.29, 0.717) is 0 Å². The third-order valence-corrected chi connectivity index (χ3v) is 4.05. The summed E-state index contributed by atoms with van der Waals surface area (Å²) in [7, 11) is 0. The van der Waals surface area contributed by atoms with Crippen molar-refractivity contribution in [2.75, 3.05) is 12.4 Å². The maximum Gasteiger partial charge on any atom is 0.280 e. The summed E-state index contributed by atoms with van der Waals surface area (Å²) in [5, 5.41) is 20.3. The van der Waals surface area contributed by atoms with Crippen LogP contribution in [0.3, 0.4) is 0 Å². The van der Waals surface area contributed by atoms with Gasteiger partial charge in [-0.05, 0) is 6.92 Å². The van der Waals surface area contributed by atoms with Crippen LogP contribution in [-0.4, -0.2) is 60.3 Å². The zero-order chi connectivity index (χ0) is 18.4. The number of H-pyrrole nitrogens is 1. The minimum Gasteiger partial charge on any atom is -0.391 e. The summed E-state index contributed by atoms with van der Waals surface area (Å²) in [6, 6.07) is 0. The fourth-order valence-corrected chi connectivity index (χ4v) is 2.86. The number of anilines is 1. The van der Waals surface area contributed by atoms with Crippen LogP contribution < -0.4 is 17.0 Å². The van der Waals surface area contributed by atoms with Gasteiger partial charge in [-0.15, -0.1) is 0 Å². The topological polar surface area (TPSA) is 165 Å². The Kier molecular flexibility index (Phi) is 4.21. The van der Waals surface area contributed by atoms with Crippen LogP contribution in [0.15, 0.2) is 11.1 Å². The molecule has 1 saturated heterocycles. The van der Waals surface area contributed by atoms with Crippen molar-refractivity contribution < 1.29 is 19.3 Å². The molecule has 2 aromatic heterocycles. The SMILES string of the molecule is C[C@@H](O)[C@H]1O[C@@H](n2cnc3c(=O)[nH]c(N)nc32)C(N)(C#CCF)[C@H]1O. The number of nitrogen functional groups attached to an aromatic ring is 1. The van der Waals surface area contributed by atoms with Gasteiger partial charge in [0.05, 0.1) is 12.4 Å². The van der Waals surface area contributed by atoms with E-state index in [1.807, 2.05) is 0 Å². The Bertz CT molecular complexity index is 915. The monoisotopic (exact) mass is 352 g/mol. The maximum absolute atomic E-state index is 12.5. The number of nitrogens with zero attached hydrogens (tertiary/aromatic N) is 3. The largest absolute Gasteiger partial charge is 0.391 e. The Morgan fingerprint density at radius 3 is 3.00 bits per heavy atom. The van der Waals surface area contributed by atoms with Crippen molar-refractivity contribution >= 4 is 17.1 Å². The van der Waals surface area contributed by atoms with E-state index in [1.165, 1.54) is 17.8 Å². The molecule has 134 valence electrons. The van der Waals surface area contributed by atoms with E-state index in [4.69, 9.17) is 16.2 Å². The predicted octanol–water partition coefficient (Wildman–Crippen LogP) is -1.99. The Hall–Kier alpha value is -2.52. The summed E-state index contributed by atoms with van der Waals surface area (Å²) in [6.45, 7) is 0.430. The van der Waals surface area contributed by atoms with Crippen molar-refractivity contribution in [3.8, 4) is 11.8 Å². The van der Waals surface area contributed by atoms with Crippen LogP contribution in [-0.2, 0) is 4.74 Å². The molecule has 3 rings (SSSR count). The van der Waals surface area contributed by atoms with Crippen molar-refractivity contribution in [2.45, 2.75) is 37.0 Å². The number of hydrogen-bond acceptors (Lipinski definition) is 8. The number of halogens is 1. The number of rotatable bonds is 2. The zero-order valence-electron chi connectivity index (χ0n) is 13.2. The average molecular weight is 352 g/mol. The van der Waals surface area contributed by atoms with Crippen molar-refractivity contribution in [3.05, 3.63) is 16.7 Å². The van der Waals surface area contributed by atoms with Crippen LogP contribution in [0.25, 0.3) is 11.2 Å². The van der Waals surface area contributed by atoms with Crippen molar-refractivity contribution in [1.82, 2.24) is 19.5 Å². The van der Waals surface area contributed by atoms with Crippen molar-refractivity contribution in [3.63, 3.8) is 0 Å². The standard InChI is InChI=1S/C14H17FN6O4/c1-6(22)8-9(23)14(17,3-2-4-15)12(25-8)21-5-18-7-10(21)19-13(16)20-11(7)24/h5-6,8-9,12,22-23H,4,17H2,1H3,(H3,16,19,20,24)/t6-,8-,9+,12-,14?/m1/s1. The summed E-state index contributed by atoms with van der Waals surface area (Å²) in [5.74, 6) is 4.47. The second-order valence-corrected chi connectivity index (χ2v) is 5.78. The van der Waals surface area contributed by atoms with E-state index in [1.54, 1.807) is 0 Å². The smallest absolute Gasteiger partial charge is 0.280 e. The van der Waals surface area contributed by atoms with Crippen molar-refractivity contribution in [1.29, 1.82) is 0 Å². The van der Waals surface area contributed by atoms with E-state index in [2.05, 4.69) is 26.8 Å². The molecule has 1 aliphatic rings. The molecule has 1 unspecified atom stereocenters. The van der Waals surface area contributed by atoms with Gasteiger partial charge < -0.3 is 26.4 Å². The van der Waals surface area contributed by atoms with Gasteiger partial charge in [-0.1, -0.05) is 11.8 Å². The summed E-state index contributed by atoms with van der Waals surface area (Å²) in [4.78, 5) is 22.2. The second-order valence-electron chi connectivity index (χ2n) is 5.78. The van der Waals surface area contributed by atoms with Crippen molar-refractivity contribution in [2.24, 2.45) is 5.73 Å². The minimum atomic E-state index is -1.76. The number of fused-ring (bicyclic) bond motifs is 1. The quantitative estimate of drug-likeness (QED) is 0.388. The Balaban J connectivity index is 2.18. The number of hydrogen-bond donors (Lipinski definition) is 5. The molecule has 0 aliphatic carbocycles. The number of alkyl halides is 1. The number of aromatic nitrogens is 4. The molecule has 5 atom stereocenters. The molecule has 25 heavy (non-hydrogen) atoms. The molecule has 0 radical (unpaired) electrons. The Morgan fingerprint density at radius 2 is 2.36 bits per heavy atom. The summed E-state index contributed by atoms with van der Waals surface area (Å²) in [5.41, 5.74) is 9.46. The molecule has 11 heteroatoms. The molecule has 0 spiro atoms. The number of nitrogens with two attached hydrogens (primary N) is 2. The molecule has 2 aromatic rings. The first-order valence-electron chi connectivity index (χ1n) is 7.38. The highest BCUT2D eigenvalue weighted by atomic mass is 19.1. The number of nitrogens with one attached hydrogen (secondary N) is 1. The number of ether oxygens (including phenoxy) is 1. The van der Waals surface area contributed by atoms with Gasteiger partial charge in [-0.25, -0.2) is 9.37 Å². The zero-order valence-corrected chi connectivity index (χ0v) is 13.2. The molecule has 0 aromatic carbocycles. The second kappa shape index (κ2) is 6.08. The first-order chi connectivity index (χ1) is 11.8. The van der Waals surface area contributed by atoms with Gasteiger partial charge in [-0.2, -0.15) is 4.98 Å². The highest BCUT2D eigenvalue weighted by Crippen LogP contribution is 2.38. The van der Waals surface area contributed by atoms with Crippen LogP contribution in [0, 0.1) is 11.8 Å². The highest BCUT2D eigenvalue weighted by Gasteiger charge is 2.56. The number of aromatic amines is 1. The number of aliphatic hydroxyl groups is 2. The molecule has 1 aliphatic heterocycles.